The predicted molar refractivity (Wildman–Crippen MR) is 348 cm³/mol. The Morgan fingerprint density at radius 1 is 0.582 bits per heavy atom. The van der Waals surface area contributed by atoms with Gasteiger partial charge in [-0.25, -0.2) is 9.78 Å². The maximum absolute atomic E-state index is 14.9. The molecule has 0 saturated carbocycles. The molecule has 5 rings (SSSR count). The summed E-state index contributed by atoms with van der Waals surface area (Å²) in [5.41, 5.74) is 12.8. The lowest BCUT2D eigenvalue weighted by Crippen LogP contribution is -2.62. The molecule has 2 aliphatic heterocycles. The van der Waals surface area contributed by atoms with Crippen LogP contribution in [0.3, 0.4) is 0 Å². The molecule has 34 nitrogen and oxygen atoms in total. The van der Waals surface area contributed by atoms with Crippen LogP contribution < -0.4 is 59.3 Å². The van der Waals surface area contributed by atoms with Crippen LogP contribution in [-0.2, 0) is 81.6 Å². The Bertz CT molecular complexity index is 3250. The summed E-state index contributed by atoms with van der Waals surface area (Å²) in [4.78, 5) is 188. The number of nitrogens with zero attached hydrogens (tertiary/aromatic N) is 3. The minimum atomic E-state index is -1.70. The molecule has 14 atom stereocenters. The number of H-pyrrole nitrogens is 1. The highest BCUT2D eigenvalue weighted by Crippen LogP contribution is 2.27. The molecule has 0 radical (unpaired) electrons. The first-order valence-electron chi connectivity index (χ1n) is 32.5. The first-order valence-corrected chi connectivity index (χ1v) is 32.5. The molecule has 34 heteroatoms. The van der Waals surface area contributed by atoms with Gasteiger partial charge in [-0.15, -0.1) is 0 Å². The minimum absolute atomic E-state index is 0.0193. The number of carbonyl (C=O) groups is 13. The van der Waals surface area contributed by atoms with Crippen molar-refractivity contribution in [2.45, 2.75) is 197 Å². The van der Waals surface area contributed by atoms with Crippen LogP contribution in [0.5, 0.6) is 11.5 Å². The molecule has 11 amide bonds. The van der Waals surface area contributed by atoms with Crippen LogP contribution in [-0.4, -0.2) is 232 Å². The number of aliphatic hydroxyl groups excluding tert-OH is 2. The van der Waals surface area contributed by atoms with Gasteiger partial charge in [0.05, 0.1) is 25.1 Å². The number of phenolic OH excluding ortho intramolecular Hbond substituents is 2. The van der Waals surface area contributed by atoms with Crippen molar-refractivity contribution < 1.29 is 93.0 Å². The number of unbranched alkanes of at least 4 members (excludes halogenated alkanes) is 1. The van der Waals surface area contributed by atoms with Gasteiger partial charge in [-0.2, -0.15) is 0 Å². The lowest BCUT2D eigenvalue weighted by atomic mass is 9.96. The molecule has 2 saturated heterocycles. The van der Waals surface area contributed by atoms with Crippen LogP contribution in [0.15, 0.2) is 61.1 Å². The Morgan fingerprint density at radius 3 is 1.60 bits per heavy atom. The van der Waals surface area contributed by atoms with Crippen molar-refractivity contribution >= 4 is 76.9 Å². The molecule has 0 aliphatic carbocycles. The molecular weight excluding hydrogens is 1280 g/mol. The van der Waals surface area contributed by atoms with E-state index in [-0.39, 0.29) is 69.5 Å². The number of amides is 11. The van der Waals surface area contributed by atoms with Gasteiger partial charge in [0.1, 0.15) is 78.0 Å². The highest BCUT2D eigenvalue weighted by Gasteiger charge is 2.45. The summed E-state index contributed by atoms with van der Waals surface area (Å²) in [6, 6.07) is -5.77. The Kier molecular flexibility index (Phi) is 30.8. The van der Waals surface area contributed by atoms with Crippen LogP contribution >= 0.6 is 0 Å². The van der Waals surface area contributed by atoms with E-state index in [0.717, 1.165) is 0 Å². The van der Waals surface area contributed by atoms with E-state index in [1.807, 2.05) is 0 Å². The number of carbonyl (C=O) groups excluding carboxylic acids is 11. The van der Waals surface area contributed by atoms with Gasteiger partial charge in [-0.1, -0.05) is 51.0 Å². The second-order valence-electron chi connectivity index (χ2n) is 24.6. The molecular formula is C64H93N15O19. The summed E-state index contributed by atoms with van der Waals surface area (Å²) >= 11 is 0. The number of hydrogen-bond acceptors (Lipinski definition) is 20. The molecule has 0 bridgehead atoms. The molecule has 3 heterocycles. The number of nitrogens with two attached hydrogens (primary N) is 2. The molecule has 2 aliphatic rings. The van der Waals surface area contributed by atoms with Gasteiger partial charge in [0, 0.05) is 50.7 Å². The number of aliphatic carboxylic acids is 2. The number of aromatic hydroxyl groups is 2. The zero-order chi connectivity index (χ0) is 72.5. The van der Waals surface area contributed by atoms with Gasteiger partial charge in [-0.3, -0.25) is 57.5 Å². The number of phenols is 2. The van der Waals surface area contributed by atoms with Gasteiger partial charge >= 0.3 is 11.9 Å². The van der Waals surface area contributed by atoms with E-state index in [4.69, 9.17) is 11.5 Å². The van der Waals surface area contributed by atoms with Gasteiger partial charge < -0.3 is 105 Å². The van der Waals surface area contributed by atoms with Crippen molar-refractivity contribution in [3.8, 4) is 11.5 Å². The maximum Gasteiger partial charge on any atom is 0.328 e. The molecule has 0 unspecified atom stereocenters. The van der Waals surface area contributed by atoms with Crippen LogP contribution in [0, 0.1) is 5.92 Å². The number of hydrogen-bond donors (Lipinski definition) is 18. The number of carboxylic acids is 2. The lowest BCUT2D eigenvalue weighted by molar-refractivity contribution is -0.148. The number of nitrogens with one attached hydrogen (secondary N) is 10. The van der Waals surface area contributed by atoms with E-state index < -0.39 is 181 Å². The number of aliphatic hydroxyl groups is 2. The number of rotatable bonds is 38. The summed E-state index contributed by atoms with van der Waals surface area (Å²) in [6.45, 7) is 6.51. The summed E-state index contributed by atoms with van der Waals surface area (Å²) in [6.07, 6.45) is 1.89. The SMILES string of the molecule is CC[C@H](C)[C@H](NC(=O)[C@@H](NC(=O)[C@@H](N)CCCCN)[C@@H](C)O)C(=O)N[C@@H](CCC(=O)O)C(=O)N[C@@H](C)C(=O)N[C@@H](Cc1cnc[nH]1)C(=O)N1CCC[C@H]1C(=O)N1CCC[C@H]1C(=O)N[C@@H](Cc1ccc(O)cc1)C(=O)N[C@@H](Cc1ccc(O)cc1)C(=O)N[C@@H](C)C(=O)N[C@@H](CO)C(=O)O. The summed E-state index contributed by atoms with van der Waals surface area (Å²) < 4.78 is 0. The van der Waals surface area contributed by atoms with Crippen LogP contribution in [0.1, 0.15) is 116 Å². The van der Waals surface area contributed by atoms with Crippen LogP contribution in [0.4, 0.5) is 0 Å². The fraction of sp³-hybridized carbons (Fsp3) is 0.562. The van der Waals surface area contributed by atoms with Gasteiger partial charge in [-0.05, 0) is 114 Å². The Balaban J connectivity index is 1.33. The topological polar surface area (TPSA) is 539 Å². The third-order valence-electron chi connectivity index (χ3n) is 17.0. The van der Waals surface area contributed by atoms with Gasteiger partial charge in [0.2, 0.25) is 65.0 Å². The maximum atomic E-state index is 14.9. The summed E-state index contributed by atoms with van der Waals surface area (Å²) in [5, 5.41) is 81.5. The first kappa shape index (κ1) is 78.9. The van der Waals surface area contributed by atoms with E-state index >= 15 is 0 Å². The monoisotopic (exact) mass is 1380 g/mol. The Labute approximate surface area is 565 Å². The van der Waals surface area contributed by atoms with E-state index in [0.29, 0.717) is 49.0 Å². The molecule has 1 aromatic heterocycles. The summed E-state index contributed by atoms with van der Waals surface area (Å²) in [5.74, 6) is -13.4. The Morgan fingerprint density at radius 2 is 1.08 bits per heavy atom. The van der Waals surface area contributed by atoms with Crippen molar-refractivity contribution in [2.24, 2.45) is 17.4 Å². The number of imidazole rings is 1. The fourth-order valence-electron chi connectivity index (χ4n) is 11.1. The zero-order valence-electron chi connectivity index (χ0n) is 55.4. The first-order chi connectivity index (χ1) is 46.5. The molecule has 98 heavy (non-hydrogen) atoms. The fourth-order valence-corrected chi connectivity index (χ4v) is 11.1. The van der Waals surface area contributed by atoms with E-state index in [1.54, 1.807) is 13.8 Å². The summed E-state index contributed by atoms with van der Waals surface area (Å²) in [7, 11) is 0. The van der Waals surface area contributed by atoms with Gasteiger partial charge in [0.25, 0.3) is 0 Å². The standard InChI is InChI=1S/C64H93N15O19/c1-6-33(2)51(76-61(94)52(36(5)81)77-55(88)42(66)11-7-8-24-65)60(93)71-43(22-23-50(84)85)56(89)69-34(3)53(86)74-46(29-39-30-67-32-68-39)62(95)79-26-10-13-49(79)63(96)78-25-9-12-48(78)59(92)73-45(28-38-16-20-41(83)21-17-38)58(91)72-44(27-37-14-18-40(82)19-15-37)57(90)70-35(4)54(87)75-47(31-80)64(97)98/h14-21,30,32-36,42-49,51-52,80-83H,6-13,22-29,31,65-66H2,1-5H3,(H,67,68)(H,69,89)(H,70,90)(H,71,93)(H,72,91)(H,73,92)(H,74,86)(H,75,87)(H,76,94)(H,77,88)(H,84,85)(H,97,98)/t33-,34-,35-,36+,42-,43-,44-,45-,46-,47-,48-,49-,51-,52-/m0/s1. The second-order valence-corrected chi connectivity index (χ2v) is 24.6. The van der Waals surface area contributed by atoms with Crippen molar-refractivity contribution in [1.82, 2.24) is 67.6 Å². The van der Waals surface area contributed by atoms with E-state index in [9.17, 15) is 93.0 Å². The highest BCUT2D eigenvalue weighted by atomic mass is 16.4. The molecule has 20 N–H and O–H groups in total. The third-order valence-corrected chi connectivity index (χ3v) is 17.0. The second kappa shape index (κ2) is 38.2. The number of benzene rings is 2. The largest absolute Gasteiger partial charge is 0.508 e. The number of carboxylic acid groups (broad SMARTS) is 2. The highest BCUT2D eigenvalue weighted by molar-refractivity contribution is 6.00. The predicted octanol–water partition coefficient (Wildman–Crippen LogP) is -3.94. The smallest absolute Gasteiger partial charge is 0.328 e. The quantitative estimate of drug-likeness (QED) is 0.0244. The third kappa shape index (κ3) is 23.5. The van der Waals surface area contributed by atoms with Crippen LogP contribution in [0.25, 0.3) is 0 Å². The lowest BCUT2D eigenvalue weighted by Gasteiger charge is -2.33. The van der Waals surface area contributed by atoms with E-state index in [2.05, 4.69) is 57.8 Å². The van der Waals surface area contributed by atoms with Crippen molar-refractivity contribution in [1.29, 1.82) is 0 Å². The number of aromatic nitrogens is 2. The Hall–Kier alpha value is -9.80. The number of aromatic amines is 1. The van der Waals surface area contributed by atoms with Crippen molar-refractivity contribution in [2.75, 3.05) is 26.2 Å². The van der Waals surface area contributed by atoms with Gasteiger partial charge in [0.15, 0.2) is 0 Å². The van der Waals surface area contributed by atoms with Crippen molar-refractivity contribution in [3.05, 3.63) is 77.9 Å². The average Bonchev–Trinajstić information content (AvgIpc) is 1.64. The minimum Gasteiger partial charge on any atom is -0.508 e. The average molecular weight is 1380 g/mol. The van der Waals surface area contributed by atoms with Crippen LogP contribution in [0.2, 0.25) is 0 Å². The zero-order valence-corrected chi connectivity index (χ0v) is 55.4. The van der Waals surface area contributed by atoms with E-state index in [1.165, 1.54) is 91.6 Å². The normalized spacial score (nSPS) is 18.0. The molecule has 0 spiro atoms. The molecule has 3 aromatic rings. The van der Waals surface area contributed by atoms with Crippen molar-refractivity contribution in [3.63, 3.8) is 0 Å². The molecule has 538 valence electrons. The molecule has 2 aromatic carbocycles. The number of likely N-dealkylation sites (tertiary alicyclic amines) is 2. The molecule has 2 fully saturated rings.